The van der Waals surface area contributed by atoms with Gasteiger partial charge >= 0.3 is 5.97 Å². The fraction of sp³-hybridized carbons (Fsp3) is 0.600. The Morgan fingerprint density at radius 1 is 1.00 bits per heavy atom. The number of nitrogens with one attached hydrogen (secondary N) is 2. The molecule has 0 saturated carbocycles. The number of esters is 1. The van der Waals surface area contributed by atoms with Gasteiger partial charge < -0.3 is 15.4 Å². The van der Waals surface area contributed by atoms with Crippen LogP contribution in [-0.4, -0.2) is 38.7 Å². The number of carbonyl (C=O) groups excluding carboxylic acids is 1. The Bertz CT molecular complexity index is 489. The molecule has 0 aromatic heterocycles. The first-order chi connectivity index (χ1) is 12.3. The molecule has 5 nitrogen and oxygen atoms in total. The first-order valence-corrected chi connectivity index (χ1v) is 9.40. The number of ether oxygens (including phenoxy) is 1. The molecule has 0 atom stereocenters. The molecule has 0 aliphatic carbocycles. The molecule has 25 heavy (non-hydrogen) atoms. The highest BCUT2D eigenvalue weighted by atomic mass is 16.5. The number of carbonyl (C=O) groups is 1. The van der Waals surface area contributed by atoms with Crippen molar-refractivity contribution in [1.82, 2.24) is 10.6 Å². The molecule has 0 saturated heterocycles. The van der Waals surface area contributed by atoms with E-state index in [1.54, 1.807) is 7.05 Å². The summed E-state index contributed by atoms with van der Waals surface area (Å²) in [5.41, 5.74) is 1.37. The smallest absolute Gasteiger partial charge is 0.305 e. The quantitative estimate of drug-likeness (QED) is 0.264. The van der Waals surface area contributed by atoms with E-state index < -0.39 is 0 Å². The van der Waals surface area contributed by atoms with Crippen LogP contribution in [0, 0.1) is 0 Å². The molecule has 0 bridgehead atoms. The minimum Gasteiger partial charge on any atom is -0.466 e. The molecule has 0 spiro atoms. The first-order valence-electron chi connectivity index (χ1n) is 9.40. The average Bonchev–Trinajstić information content (AvgIpc) is 2.63. The number of hydrogen-bond donors (Lipinski definition) is 2. The van der Waals surface area contributed by atoms with Gasteiger partial charge in [0.1, 0.15) is 0 Å². The van der Waals surface area contributed by atoms with Crippen LogP contribution >= 0.6 is 0 Å². The molecule has 0 amide bonds. The lowest BCUT2D eigenvalue weighted by molar-refractivity contribution is -0.143. The SMILES string of the molecule is CCOC(=O)CCCCCCNC(=NC)NCCCc1ccccc1. The van der Waals surface area contributed by atoms with Gasteiger partial charge in [-0.15, -0.1) is 0 Å². The molecule has 5 heteroatoms. The zero-order valence-corrected chi connectivity index (χ0v) is 15.7. The highest BCUT2D eigenvalue weighted by Crippen LogP contribution is 2.04. The van der Waals surface area contributed by atoms with Crippen molar-refractivity contribution >= 4 is 11.9 Å². The van der Waals surface area contributed by atoms with Crippen LogP contribution in [0.3, 0.4) is 0 Å². The van der Waals surface area contributed by atoms with Gasteiger partial charge in [-0.1, -0.05) is 43.2 Å². The number of aliphatic imine (C=N–C) groups is 1. The predicted octanol–water partition coefficient (Wildman–Crippen LogP) is 3.30. The number of nitrogens with zero attached hydrogens (tertiary/aromatic N) is 1. The van der Waals surface area contributed by atoms with Gasteiger partial charge in [-0.25, -0.2) is 0 Å². The van der Waals surface area contributed by atoms with Crippen molar-refractivity contribution < 1.29 is 9.53 Å². The van der Waals surface area contributed by atoms with E-state index >= 15 is 0 Å². The maximum atomic E-state index is 11.2. The van der Waals surface area contributed by atoms with E-state index in [1.807, 2.05) is 13.0 Å². The molecule has 0 fully saturated rings. The Balaban J connectivity index is 1.98. The van der Waals surface area contributed by atoms with Crippen molar-refractivity contribution in [2.75, 3.05) is 26.7 Å². The van der Waals surface area contributed by atoms with Crippen LogP contribution in [0.2, 0.25) is 0 Å². The molecule has 1 rings (SSSR count). The zero-order valence-electron chi connectivity index (χ0n) is 15.7. The van der Waals surface area contributed by atoms with Crippen molar-refractivity contribution in [2.24, 2.45) is 4.99 Å². The highest BCUT2D eigenvalue weighted by Gasteiger charge is 2.01. The van der Waals surface area contributed by atoms with Crippen LogP contribution in [0.1, 0.15) is 51.0 Å². The third-order valence-corrected chi connectivity index (χ3v) is 3.91. The van der Waals surface area contributed by atoms with Crippen molar-refractivity contribution in [3.63, 3.8) is 0 Å². The Morgan fingerprint density at radius 3 is 2.36 bits per heavy atom. The van der Waals surface area contributed by atoms with E-state index in [0.29, 0.717) is 13.0 Å². The maximum Gasteiger partial charge on any atom is 0.305 e. The lowest BCUT2D eigenvalue weighted by atomic mass is 10.1. The van der Waals surface area contributed by atoms with Crippen LogP contribution in [0.25, 0.3) is 0 Å². The number of unbranched alkanes of at least 4 members (excludes halogenated alkanes) is 3. The van der Waals surface area contributed by atoms with Gasteiger partial charge in [0.2, 0.25) is 0 Å². The van der Waals surface area contributed by atoms with Crippen LogP contribution < -0.4 is 10.6 Å². The van der Waals surface area contributed by atoms with E-state index in [-0.39, 0.29) is 5.97 Å². The van der Waals surface area contributed by atoms with Crippen molar-refractivity contribution in [3.8, 4) is 0 Å². The lowest BCUT2D eigenvalue weighted by Gasteiger charge is -2.11. The lowest BCUT2D eigenvalue weighted by Crippen LogP contribution is -2.38. The fourth-order valence-corrected chi connectivity index (χ4v) is 2.55. The minimum atomic E-state index is -0.0827. The van der Waals surface area contributed by atoms with Gasteiger partial charge in [-0.2, -0.15) is 0 Å². The normalized spacial score (nSPS) is 11.2. The fourth-order valence-electron chi connectivity index (χ4n) is 2.55. The second-order valence-electron chi connectivity index (χ2n) is 5.98. The zero-order chi connectivity index (χ0) is 18.2. The van der Waals surface area contributed by atoms with Crippen molar-refractivity contribution in [3.05, 3.63) is 35.9 Å². The topological polar surface area (TPSA) is 62.7 Å². The van der Waals surface area contributed by atoms with E-state index in [4.69, 9.17) is 4.74 Å². The summed E-state index contributed by atoms with van der Waals surface area (Å²) in [7, 11) is 1.80. The monoisotopic (exact) mass is 347 g/mol. The number of aryl methyl sites for hydroxylation is 1. The van der Waals surface area contributed by atoms with Crippen LogP contribution in [0.15, 0.2) is 35.3 Å². The number of hydrogen-bond acceptors (Lipinski definition) is 3. The second kappa shape index (κ2) is 14.3. The van der Waals surface area contributed by atoms with Crippen LogP contribution in [0.5, 0.6) is 0 Å². The summed E-state index contributed by atoms with van der Waals surface area (Å²) in [6.07, 6.45) is 6.84. The third kappa shape index (κ3) is 11.2. The van der Waals surface area contributed by atoms with Gasteiger partial charge in [0.25, 0.3) is 0 Å². The molecule has 1 aromatic carbocycles. The molecule has 0 radical (unpaired) electrons. The van der Waals surface area contributed by atoms with E-state index in [2.05, 4.69) is 39.9 Å². The maximum absolute atomic E-state index is 11.2. The third-order valence-electron chi connectivity index (χ3n) is 3.91. The van der Waals surface area contributed by atoms with Gasteiger partial charge in [0.05, 0.1) is 6.61 Å². The molecule has 0 unspecified atom stereocenters. The first kappa shape index (κ1) is 21.0. The minimum absolute atomic E-state index is 0.0827. The Kier molecular flexibility index (Phi) is 12.0. The summed E-state index contributed by atoms with van der Waals surface area (Å²) in [5.74, 6) is 0.778. The molecular formula is C20H33N3O2. The summed E-state index contributed by atoms with van der Waals surface area (Å²) in [6.45, 7) is 4.12. The van der Waals surface area contributed by atoms with E-state index in [1.165, 1.54) is 5.56 Å². The molecule has 0 aliphatic heterocycles. The Morgan fingerprint density at radius 2 is 1.68 bits per heavy atom. The van der Waals surface area contributed by atoms with Gasteiger partial charge in [-0.3, -0.25) is 9.79 Å². The molecule has 140 valence electrons. The van der Waals surface area contributed by atoms with Gasteiger partial charge in [-0.05, 0) is 38.2 Å². The highest BCUT2D eigenvalue weighted by molar-refractivity contribution is 5.79. The number of rotatable bonds is 12. The predicted molar refractivity (Wildman–Crippen MR) is 104 cm³/mol. The van der Waals surface area contributed by atoms with Crippen LogP contribution in [-0.2, 0) is 16.0 Å². The molecular weight excluding hydrogens is 314 g/mol. The van der Waals surface area contributed by atoms with Crippen molar-refractivity contribution in [2.45, 2.75) is 51.9 Å². The standard InChI is InChI=1S/C20H33N3O2/c1-3-25-19(24)15-9-4-5-10-16-22-20(21-2)23-17-11-14-18-12-7-6-8-13-18/h6-8,12-13H,3-5,9-11,14-17H2,1-2H3,(H2,21,22,23). The summed E-state index contributed by atoms with van der Waals surface area (Å²) < 4.78 is 4.92. The number of benzene rings is 1. The Hall–Kier alpha value is -2.04. The molecule has 2 N–H and O–H groups in total. The molecule has 0 aliphatic rings. The molecule has 0 heterocycles. The summed E-state index contributed by atoms with van der Waals surface area (Å²) in [5, 5.41) is 6.68. The largest absolute Gasteiger partial charge is 0.466 e. The Labute approximate surface area is 152 Å². The van der Waals surface area contributed by atoms with Crippen LogP contribution in [0.4, 0.5) is 0 Å². The molecule has 1 aromatic rings. The average molecular weight is 348 g/mol. The summed E-state index contributed by atoms with van der Waals surface area (Å²) in [6, 6.07) is 10.5. The second-order valence-corrected chi connectivity index (χ2v) is 5.98. The number of guanidine groups is 1. The van der Waals surface area contributed by atoms with E-state index in [9.17, 15) is 4.79 Å². The van der Waals surface area contributed by atoms with Gasteiger partial charge in [0, 0.05) is 26.6 Å². The summed E-state index contributed by atoms with van der Waals surface area (Å²) in [4.78, 5) is 15.5. The van der Waals surface area contributed by atoms with Crippen molar-refractivity contribution in [1.29, 1.82) is 0 Å². The van der Waals surface area contributed by atoms with E-state index in [0.717, 1.165) is 57.6 Å². The van der Waals surface area contributed by atoms with Gasteiger partial charge in [0.15, 0.2) is 5.96 Å². The summed E-state index contributed by atoms with van der Waals surface area (Å²) >= 11 is 0.